The van der Waals surface area contributed by atoms with E-state index in [0.29, 0.717) is 5.82 Å². The van der Waals surface area contributed by atoms with E-state index in [0.717, 1.165) is 83.3 Å². The van der Waals surface area contributed by atoms with Crippen molar-refractivity contribution < 1.29 is 4.42 Å². The molecule has 0 aliphatic heterocycles. The van der Waals surface area contributed by atoms with Crippen molar-refractivity contribution in [1.82, 2.24) is 15.0 Å². The van der Waals surface area contributed by atoms with Gasteiger partial charge in [0.2, 0.25) is 0 Å². The standard InChI is InChI=1S/C57H35N3O/c1-3-15-36(16-4-1)50-35-51(60-57(59-50)37-17-5-2-6-18-37)42-22-14-23-43(32-42)55-56-54(48-27-11-12-28-53(48)61-56)47-30-29-39(34-52(47)58-55)38-20-13-21-40(31-38)49-33-41-19-7-8-24-44(41)45-25-9-10-26-46(45)49/h1-35H. The number of aromatic nitrogens is 3. The summed E-state index contributed by atoms with van der Waals surface area (Å²) < 4.78 is 6.70. The normalized spacial score (nSPS) is 11.6. The minimum absolute atomic E-state index is 0.677. The highest BCUT2D eigenvalue weighted by molar-refractivity contribution is 6.21. The summed E-state index contributed by atoms with van der Waals surface area (Å²) >= 11 is 0. The number of fused-ring (bicyclic) bond motifs is 8. The lowest BCUT2D eigenvalue weighted by molar-refractivity contribution is 0.669. The van der Waals surface area contributed by atoms with Crippen molar-refractivity contribution in [3.63, 3.8) is 0 Å². The largest absolute Gasteiger partial charge is 0.454 e. The molecular weight excluding hydrogens is 743 g/mol. The van der Waals surface area contributed by atoms with Gasteiger partial charge in [-0.2, -0.15) is 0 Å². The summed E-state index contributed by atoms with van der Waals surface area (Å²) in [6.45, 7) is 0. The molecule has 9 aromatic carbocycles. The first-order valence-corrected chi connectivity index (χ1v) is 20.6. The van der Waals surface area contributed by atoms with Gasteiger partial charge in [0, 0.05) is 38.4 Å². The molecule has 0 aliphatic carbocycles. The summed E-state index contributed by atoms with van der Waals surface area (Å²) in [5.74, 6) is 0.677. The van der Waals surface area contributed by atoms with Gasteiger partial charge < -0.3 is 4.42 Å². The number of hydrogen-bond donors (Lipinski definition) is 0. The number of hydrogen-bond acceptors (Lipinski definition) is 4. The van der Waals surface area contributed by atoms with Crippen molar-refractivity contribution in [3.05, 3.63) is 212 Å². The molecule has 0 aliphatic rings. The first kappa shape index (κ1) is 34.8. The van der Waals surface area contributed by atoms with Gasteiger partial charge in [0.15, 0.2) is 11.4 Å². The third-order valence-electron chi connectivity index (χ3n) is 11.8. The maximum Gasteiger partial charge on any atom is 0.162 e. The topological polar surface area (TPSA) is 51.8 Å². The van der Waals surface area contributed by atoms with Gasteiger partial charge in [-0.3, -0.25) is 0 Å². The molecule has 12 rings (SSSR count). The molecule has 284 valence electrons. The number of rotatable bonds is 6. The highest BCUT2D eigenvalue weighted by Crippen LogP contribution is 2.42. The average molecular weight is 778 g/mol. The molecular formula is C57H35N3O. The molecule has 0 spiro atoms. The van der Waals surface area contributed by atoms with Gasteiger partial charge in [0.05, 0.1) is 16.9 Å². The van der Waals surface area contributed by atoms with Crippen LogP contribution in [0.1, 0.15) is 0 Å². The molecule has 0 radical (unpaired) electrons. The van der Waals surface area contributed by atoms with E-state index in [1.807, 2.05) is 48.5 Å². The number of pyridine rings is 1. The fraction of sp³-hybridized carbons (Fsp3) is 0. The summed E-state index contributed by atoms with van der Waals surface area (Å²) in [5, 5.41) is 8.18. The molecule has 0 unspecified atom stereocenters. The molecule has 12 aromatic rings. The van der Waals surface area contributed by atoms with Gasteiger partial charge in [-0.05, 0) is 80.2 Å². The molecule has 0 amide bonds. The van der Waals surface area contributed by atoms with Crippen molar-refractivity contribution in [3.8, 4) is 67.4 Å². The van der Waals surface area contributed by atoms with E-state index in [1.54, 1.807) is 0 Å². The Bertz CT molecular complexity index is 3590. The van der Waals surface area contributed by atoms with E-state index >= 15 is 0 Å². The van der Waals surface area contributed by atoms with Crippen LogP contribution in [0.3, 0.4) is 0 Å². The summed E-state index contributed by atoms with van der Waals surface area (Å²) in [6, 6.07) is 74.5. The average Bonchev–Trinajstić information content (AvgIpc) is 3.74. The quantitative estimate of drug-likeness (QED) is 0.158. The lowest BCUT2D eigenvalue weighted by atomic mass is 9.91. The Morgan fingerprint density at radius 1 is 0.328 bits per heavy atom. The molecule has 4 heteroatoms. The predicted octanol–water partition coefficient (Wildman–Crippen LogP) is 15.2. The van der Waals surface area contributed by atoms with Crippen molar-refractivity contribution in [2.45, 2.75) is 0 Å². The minimum atomic E-state index is 0.677. The van der Waals surface area contributed by atoms with Crippen LogP contribution >= 0.6 is 0 Å². The Kier molecular flexibility index (Phi) is 8.13. The molecule has 0 N–H and O–H groups in total. The highest BCUT2D eigenvalue weighted by Gasteiger charge is 2.20. The summed E-state index contributed by atoms with van der Waals surface area (Å²) in [4.78, 5) is 15.6. The maximum absolute atomic E-state index is 6.70. The van der Waals surface area contributed by atoms with Crippen LogP contribution < -0.4 is 0 Å². The van der Waals surface area contributed by atoms with E-state index in [1.165, 1.54) is 32.7 Å². The number of benzene rings is 9. The molecule has 3 aromatic heterocycles. The molecule has 61 heavy (non-hydrogen) atoms. The number of furan rings is 1. The molecule has 0 saturated heterocycles. The van der Waals surface area contributed by atoms with Crippen molar-refractivity contribution in [2.75, 3.05) is 0 Å². The van der Waals surface area contributed by atoms with Gasteiger partial charge >= 0.3 is 0 Å². The molecule has 0 atom stereocenters. The third kappa shape index (κ3) is 6.04. The monoisotopic (exact) mass is 777 g/mol. The van der Waals surface area contributed by atoms with E-state index in [9.17, 15) is 0 Å². The smallest absolute Gasteiger partial charge is 0.162 e. The van der Waals surface area contributed by atoms with Crippen LogP contribution in [0.25, 0.3) is 122 Å². The second-order valence-electron chi connectivity index (χ2n) is 15.5. The molecule has 0 bridgehead atoms. The van der Waals surface area contributed by atoms with E-state index in [-0.39, 0.29) is 0 Å². The first-order valence-electron chi connectivity index (χ1n) is 20.6. The fourth-order valence-corrected chi connectivity index (χ4v) is 8.92. The second kappa shape index (κ2) is 14.3. The van der Waals surface area contributed by atoms with Crippen LogP contribution in [0.4, 0.5) is 0 Å². The summed E-state index contributed by atoms with van der Waals surface area (Å²) in [7, 11) is 0. The van der Waals surface area contributed by atoms with E-state index < -0.39 is 0 Å². The first-order chi connectivity index (χ1) is 30.2. The van der Waals surface area contributed by atoms with E-state index in [4.69, 9.17) is 19.4 Å². The number of nitrogens with zero attached hydrogens (tertiary/aromatic N) is 3. The van der Waals surface area contributed by atoms with Crippen molar-refractivity contribution in [1.29, 1.82) is 0 Å². The zero-order chi connectivity index (χ0) is 40.3. The Balaban J connectivity index is 1.02. The van der Waals surface area contributed by atoms with Gasteiger partial charge in [0.1, 0.15) is 11.3 Å². The van der Waals surface area contributed by atoms with Crippen LogP contribution in [-0.2, 0) is 0 Å². The zero-order valence-electron chi connectivity index (χ0n) is 33.0. The van der Waals surface area contributed by atoms with Crippen LogP contribution in [0.2, 0.25) is 0 Å². The van der Waals surface area contributed by atoms with Gasteiger partial charge in [0.25, 0.3) is 0 Å². The van der Waals surface area contributed by atoms with Crippen LogP contribution in [0, 0.1) is 0 Å². The number of para-hydroxylation sites is 1. The van der Waals surface area contributed by atoms with Crippen molar-refractivity contribution >= 4 is 54.4 Å². The highest BCUT2D eigenvalue weighted by atomic mass is 16.3. The SMILES string of the molecule is c1ccc(-c2cc(-c3cccc(-c4nc5cc(-c6cccc(-c7cc8ccccc8c8ccccc78)c6)ccc5c5c4oc4ccccc45)c3)nc(-c3ccccc3)n2)cc1. The third-order valence-corrected chi connectivity index (χ3v) is 11.8. The molecule has 0 fully saturated rings. The van der Waals surface area contributed by atoms with Gasteiger partial charge in [-0.15, -0.1) is 0 Å². The predicted molar refractivity (Wildman–Crippen MR) is 252 cm³/mol. The Morgan fingerprint density at radius 2 is 0.918 bits per heavy atom. The molecule has 4 nitrogen and oxygen atoms in total. The fourth-order valence-electron chi connectivity index (χ4n) is 8.92. The summed E-state index contributed by atoms with van der Waals surface area (Å²) in [6.07, 6.45) is 0. The van der Waals surface area contributed by atoms with Crippen LogP contribution in [-0.4, -0.2) is 15.0 Å². The molecule has 3 heterocycles. The second-order valence-corrected chi connectivity index (χ2v) is 15.5. The summed E-state index contributed by atoms with van der Waals surface area (Å²) in [5.41, 5.74) is 13.5. The minimum Gasteiger partial charge on any atom is -0.454 e. The van der Waals surface area contributed by atoms with Crippen molar-refractivity contribution in [2.24, 2.45) is 0 Å². The van der Waals surface area contributed by atoms with E-state index in [2.05, 4.69) is 164 Å². The Hall–Kier alpha value is -8.21. The van der Waals surface area contributed by atoms with Gasteiger partial charge in [-0.25, -0.2) is 15.0 Å². The lowest BCUT2D eigenvalue weighted by Crippen LogP contribution is -1.96. The maximum atomic E-state index is 6.70. The van der Waals surface area contributed by atoms with Crippen LogP contribution in [0.5, 0.6) is 0 Å². The van der Waals surface area contributed by atoms with Gasteiger partial charge in [-0.1, -0.05) is 176 Å². The van der Waals surface area contributed by atoms with Crippen LogP contribution in [0.15, 0.2) is 217 Å². The zero-order valence-corrected chi connectivity index (χ0v) is 33.0. The molecule has 0 saturated carbocycles. The lowest BCUT2D eigenvalue weighted by Gasteiger charge is -2.13. The Morgan fingerprint density at radius 3 is 1.74 bits per heavy atom. The Labute approximate surface area is 352 Å².